The summed E-state index contributed by atoms with van der Waals surface area (Å²) in [6.07, 6.45) is -1.55. The Kier molecular flexibility index (Phi) is 3.16. The minimum absolute atomic E-state index is 0.391. The van der Waals surface area contributed by atoms with Crippen molar-refractivity contribution in [3.05, 3.63) is 65.2 Å². The number of rotatable bonds is 3. The summed E-state index contributed by atoms with van der Waals surface area (Å²) in [7, 11) is 1.58. The normalized spacial score (nSPS) is 18.3. The molecular formula is C16H14O4. The van der Waals surface area contributed by atoms with Crippen LogP contribution in [0.1, 0.15) is 33.7 Å². The lowest BCUT2D eigenvalue weighted by Gasteiger charge is -2.18. The molecule has 3 rings (SSSR count). The van der Waals surface area contributed by atoms with Gasteiger partial charge >= 0.3 is 5.97 Å². The summed E-state index contributed by atoms with van der Waals surface area (Å²) < 4.78 is 10.4. The smallest absolute Gasteiger partial charge is 0.339 e. The second-order valence-corrected chi connectivity index (χ2v) is 4.63. The minimum Gasteiger partial charge on any atom is -0.497 e. The summed E-state index contributed by atoms with van der Waals surface area (Å²) in [6.45, 7) is 0. The van der Waals surface area contributed by atoms with E-state index in [0.717, 1.165) is 5.56 Å². The zero-order valence-corrected chi connectivity index (χ0v) is 10.9. The average molecular weight is 270 g/mol. The second kappa shape index (κ2) is 4.98. The first-order valence-electron chi connectivity index (χ1n) is 6.32. The zero-order valence-electron chi connectivity index (χ0n) is 10.9. The molecule has 2 atom stereocenters. The van der Waals surface area contributed by atoms with Crippen LogP contribution in [-0.4, -0.2) is 18.2 Å². The van der Waals surface area contributed by atoms with Crippen LogP contribution in [0.25, 0.3) is 0 Å². The quantitative estimate of drug-likeness (QED) is 0.871. The van der Waals surface area contributed by atoms with E-state index in [0.29, 0.717) is 16.9 Å². The first-order valence-corrected chi connectivity index (χ1v) is 6.32. The lowest BCUT2D eigenvalue weighted by Crippen LogP contribution is -2.10. The summed E-state index contributed by atoms with van der Waals surface area (Å²) in [5.41, 5.74) is 1.92. The molecule has 102 valence electrons. The van der Waals surface area contributed by atoms with Crippen LogP contribution in [-0.2, 0) is 4.74 Å². The van der Waals surface area contributed by atoms with Crippen molar-refractivity contribution in [2.24, 2.45) is 0 Å². The van der Waals surface area contributed by atoms with Crippen LogP contribution in [0.3, 0.4) is 0 Å². The molecule has 0 aromatic heterocycles. The van der Waals surface area contributed by atoms with Crippen LogP contribution >= 0.6 is 0 Å². The van der Waals surface area contributed by atoms with Crippen molar-refractivity contribution in [1.82, 2.24) is 0 Å². The topological polar surface area (TPSA) is 55.8 Å². The number of hydrogen-bond acceptors (Lipinski definition) is 4. The maximum Gasteiger partial charge on any atom is 0.339 e. The number of carbonyl (C=O) groups is 1. The molecule has 0 aliphatic carbocycles. The first kappa shape index (κ1) is 12.7. The number of aliphatic hydroxyl groups excluding tert-OH is 1. The van der Waals surface area contributed by atoms with Gasteiger partial charge in [-0.25, -0.2) is 4.79 Å². The van der Waals surface area contributed by atoms with Gasteiger partial charge in [-0.2, -0.15) is 0 Å². The summed E-state index contributed by atoms with van der Waals surface area (Å²) in [5, 5.41) is 10.4. The summed E-state index contributed by atoms with van der Waals surface area (Å²) in [5.74, 6) is 0.322. The van der Waals surface area contributed by atoms with Crippen molar-refractivity contribution < 1.29 is 19.4 Å². The highest BCUT2D eigenvalue weighted by molar-refractivity contribution is 5.94. The average Bonchev–Trinajstić information content (AvgIpc) is 2.84. The van der Waals surface area contributed by atoms with Gasteiger partial charge in [0.2, 0.25) is 0 Å². The Morgan fingerprint density at radius 1 is 1.15 bits per heavy atom. The number of benzene rings is 2. The van der Waals surface area contributed by atoms with Crippen molar-refractivity contribution in [2.75, 3.05) is 7.11 Å². The minimum atomic E-state index is -0.895. The SMILES string of the molecule is COc1ccc([C@@H](O)[C@@H]2OC(=O)c3ccccc32)cc1. The van der Waals surface area contributed by atoms with E-state index in [4.69, 9.17) is 9.47 Å². The fourth-order valence-corrected chi connectivity index (χ4v) is 2.38. The third-order valence-corrected chi connectivity index (χ3v) is 3.47. The highest BCUT2D eigenvalue weighted by atomic mass is 16.6. The molecule has 1 N–H and O–H groups in total. The number of cyclic esters (lactones) is 1. The van der Waals surface area contributed by atoms with Crippen LogP contribution in [0.5, 0.6) is 5.75 Å². The van der Waals surface area contributed by atoms with E-state index in [1.165, 1.54) is 0 Å². The van der Waals surface area contributed by atoms with Gasteiger partial charge in [-0.1, -0.05) is 30.3 Å². The number of aliphatic hydroxyl groups is 1. The molecule has 20 heavy (non-hydrogen) atoms. The lowest BCUT2D eigenvalue weighted by atomic mass is 9.97. The van der Waals surface area contributed by atoms with E-state index < -0.39 is 18.2 Å². The number of fused-ring (bicyclic) bond motifs is 1. The second-order valence-electron chi connectivity index (χ2n) is 4.63. The van der Waals surface area contributed by atoms with E-state index in [9.17, 15) is 9.90 Å². The van der Waals surface area contributed by atoms with Crippen LogP contribution < -0.4 is 4.74 Å². The van der Waals surface area contributed by atoms with Gasteiger partial charge in [0.15, 0.2) is 6.10 Å². The van der Waals surface area contributed by atoms with Gasteiger partial charge in [0.05, 0.1) is 12.7 Å². The van der Waals surface area contributed by atoms with Gasteiger partial charge in [-0.15, -0.1) is 0 Å². The molecule has 2 aromatic carbocycles. The van der Waals surface area contributed by atoms with Gasteiger partial charge < -0.3 is 14.6 Å². The van der Waals surface area contributed by atoms with Gasteiger partial charge in [0, 0.05) is 5.56 Å². The molecule has 0 radical (unpaired) electrons. The molecule has 0 saturated heterocycles. The lowest BCUT2D eigenvalue weighted by molar-refractivity contribution is -0.0102. The van der Waals surface area contributed by atoms with Gasteiger partial charge in [0.1, 0.15) is 11.9 Å². The number of carbonyl (C=O) groups excluding carboxylic acids is 1. The molecule has 0 saturated carbocycles. The Morgan fingerprint density at radius 3 is 2.55 bits per heavy atom. The fourth-order valence-electron chi connectivity index (χ4n) is 2.38. The summed E-state index contributed by atoms with van der Waals surface area (Å²) >= 11 is 0. The Morgan fingerprint density at radius 2 is 1.85 bits per heavy atom. The third-order valence-electron chi connectivity index (χ3n) is 3.47. The first-order chi connectivity index (χ1) is 9.70. The van der Waals surface area contributed by atoms with Gasteiger partial charge in [-0.05, 0) is 23.8 Å². The van der Waals surface area contributed by atoms with E-state index >= 15 is 0 Å². The highest BCUT2D eigenvalue weighted by Gasteiger charge is 2.36. The van der Waals surface area contributed by atoms with E-state index in [1.807, 2.05) is 6.07 Å². The molecule has 4 nitrogen and oxygen atoms in total. The molecule has 0 amide bonds. The third kappa shape index (κ3) is 2.04. The molecule has 0 bridgehead atoms. The highest BCUT2D eigenvalue weighted by Crippen LogP contribution is 2.39. The Balaban J connectivity index is 1.91. The van der Waals surface area contributed by atoms with Crippen LogP contribution in [0.4, 0.5) is 0 Å². The van der Waals surface area contributed by atoms with Crippen molar-refractivity contribution in [3.8, 4) is 5.75 Å². The van der Waals surface area contributed by atoms with Crippen molar-refractivity contribution in [2.45, 2.75) is 12.2 Å². The predicted molar refractivity (Wildman–Crippen MR) is 72.6 cm³/mol. The molecular weight excluding hydrogens is 256 g/mol. The van der Waals surface area contributed by atoms with Gasteiger partial charge in [-0.3, -0.25) is 0 Å². The Hall–Kier alpha value is -2.33. The van der Waals surface area contributed by atoms with Crippen LogP contribution in [0.2, 0.25) is 0 Å². The molecule has 1 heterocycles. The van der Waals surface area contributed by atoms with Crippen molar-refractivity contribution >= 4 is 5.97 Å². The molecule has 4 heteroatoms. The number of esters is 1. The number of ether oxygens (including phenoxy) is 2. The largest absolute Gasteiger partial charge is 0.497 e. The van der Waals surface area contributed by atoms with Crippen molar-refractivity contribution in [1.29, 1.82) is 0 Å². The standard InChI is InChI=1S/C16H14O4/c1-19-11-8-6-10(7-9-11)14(17)15-12-4-2-3-5-13(12)16(18)20-15/h2-9,14-15,17H,1H3/t14-,15-/m1/s1. The molecule has 1 aliphatic heterocycles. The number of methoxy groups -OCH3 is 1. The van der Waals surface area contributed by atoms with Crippen LogP contribution in [0, 0.1) is 0 Å². The van der Waals surface area contributed by atoms with E-state index in [2.05, 4.69) is 0 Å². The monoisotopic (exact) mass is 270 g/mol. The van der Waals surface area contributed by atoms with Crippen molar-refractivity contribution in [3.63, 3.8) is 0 Å². The molecule has 2 aromatic rings. The zero-order chi connectivity index (χ0) is 14.1. The maximum atomic E-state index is 11.8. The number of hydrogen-bond donors (Lipinski definition) is 1. The molecule has 1 aliphatic rings. The maximum absolute atomic E-state index is 11.8. The molecule has 0 fully saturated rings. The Labute approximate surface area is 116 Å². The fraction of sp³-hybridized carbons (Fsp3) is 0.188. The Bertz CT molecular complexity index is 633. The van der Waals surface area contributed by atoms with Crippen LogP contribution in [0.15, 0.2) is 48.5 Å². The molecule has 0 unspecified atom stereocenters. The summed E-state index contributed by atoms with van der Waals surface area (Å²) in [6, 6.07) is 14.2. The summed E-state index contributed by atoms with van der Waals surface area (Å²) in [4.78, 5) is 11.8. The molecule has 0 spiro atoms. The van der Waals surface area contributed by atoms with Gasteiger partial charge in [0.25, 0.3) is 0 Å². The van der Waals surface area contributed by atoms with E-state index in [1.54, 1.807) is 49.6 Å². The van der Waals surface area contributed by atoms with E-state index in [-0.39, 0.29) is 0 Å². The predicted octanol–water partition coefficient (Wildman–Crippen LogP) is 2.64.